The number of benzene rings is 1. The number of carbonyl (C=O) groups excluding carboxylic acids is 2. The van der Waals surface area contributed by atoms with Crippen molar-refractivity contribution >= 4 is 29.0 Å². The topological polar surface area (TPSA) is 98.1 Å². The number of thiocarbonyl (C=S) groups is 1. The minimum Gasteiger partial charge on any atom is -0.491 e. The molecule has 1 aromatic carbocycles. The summed E-state index contributed by atoms with van der Waals surface area (Å²) in [5.41, 5.74) is 6.53. The predicted molar refractivity (Wildman–Crippen MR) is 339 cm³/mol. The fourth-order valence-electron chi connectivity index (χ4n) is 13.4. The molecular formula is C70H119N3O6S. The van der Waals surface area contributed by atoms with Gasteiger partial charge in [0.1, 0.15) is 51.9 Å². The first-order chi connectivity index (χ1) is 37.9. The molecule has 4 aliphatic rings. The van der Waals surface area contributed by atoms with Gasteiger partial charge in [0.2, 0.25) is 5.91 Å². The summed E-state index contributed by atoms with van der Waals surface area (Å²) in [6, 6.07) is -0.436. The molecule has 2 fully saturated rings. The fraction of sp³-hybridized carbons (Fsp3) is 0.814. The van der Waals surface area contributed by atoms with E-state index < -0.39 is 6.04 Å². The van der Waals surface area contributed by atoms with Crippen molar-refractivity contribution in [3.63, 3.8) is 0 Å². The first kappa shape index (κ1) is 67.5. The third-order valence-corrected chi connectivity index (χ3v) is 19.7. The number of nitrogens with one attached hydrogen (secondary N) is 2. The highest BCUT2D eigenvalue weighted by Gasteiger charge is 2.43. The Hall–Kier alpha value is -3.27. The van der Waals surface area contributed by atoms with E-state index in [0.29, 0.717) is 18.0 Å². The number of nitrogens with zero attached hydrogens (tertiary/aromatic N) is 1. The lowest BCUT2D eigenvalue weighted by Crippen LogP contribution is -2.44. The molecular weight excluding hydrogens is 1010 g/mol. The van der Waals surface area contributed by atoms with E-state index >= 15 is 0 Å². The highest BCUT2D eigenvalue weighted by atomic mass is 32.1. The van der Waals surface area contributed by atoms with Gasteiger partial charge in [0.25, 0.3) is 5.91 Å². The Morgan fingerprint density at radius 3 is 1.69 bits per heavy atom. The number of hydrogen-bond acceptors (Lipinski definition) is 7. The summed E-state index contributed by atoms with van der Waals surface area (Å²) in [4.78, 5) is 29.0. The zero-order valence-corrected chi connectivity index (χ0v) is 55.0. The van der Waals surface area contributed by atoms with E-state index in [-0.39, 0.29) is 48.1 Å². The Bertz CT molecular complexity index is 2200. The van der Waals surface area contributed by atoms with E-state index in [1.54, 1.807) is 0 Å². The Morgan fingerprint density at radius 1 is 0.625 bits per heavy atom. The van der Waals surface area contributed by atoms with Crippen LogP contribution in [0.5, 0.6) is 11.5 Å². The molecule has 1 aliphatic carbocycles. The summed E-state index contributed by atoms with van der Waals surface area (Å²) in [5.74, 6) is 9.14. The molecule has 9 nitrogen and oxygen atoms in total. The van der Waals surface area contributed by atoms with Gasteiger partial charge in [0.15, 0.2) is 6.61 Å². The van der Waals surface area contributed by atoms with Crippen LogP contribution in [0.25, 0.3) is 0 Å². The Labute approximate surface area is 495 Å². The van der Waals surface area contributed by atoms with Crippen LogP contribution in [-0.2, 0) is 25.5 Å². The molecule has 0 aromatic heterocycles. The number of unbranched alkanes of at least 4 members (excludes halogenated alkanes) is 1. The van der Waals surface area contributed by atoms with Crippen LogP contribution < -0.4 is 20.1 Å². The first-order valence-electron chi connectivity index (χ1n) is 32.9. The van der Waals surface area contributed by atoms with Crippen LogP contribution in [0.15, 0.2) is 22.7 Å². The molecule has 3 aliphatic heterocycles. The van der Waals surface area contributed by atoms with E-state index in [4.69, 9.17) is 31.2 Å². The molecule has 1 aromatic rings. The highest BCUT2D eigenvalue weighted by molar-refractivity contribution is 7.80. The average molecular weight is 1130 g/mol. The summed E-state index contributed by atoms with van der Waals surface area (Å²) in [6.45, 7) is 38.9. The molecule has 9 unspecified atom stereocenters. The zero-order valence-electron chi connectivity index (χ0n) is 54.2. The second-order valence-corrected chi connectivity index (χ2v) is 28.6. The minimum absolute atomic E-state index is 0.0146. The maximum Gasteiger partial charge on any atom is 0.257 e. The van der Waals surface area contributed by atoms with Crippen LogP contribution in [0.1, 0.15) is 266 Å². The van der Waals surface area contributed by atoms with Crippen LogP contribution in [0, 0.1) is 68.1 Å². The summed E-state index contributed by atoms with van der Waals surface area (Å²) in [6.07, 6.45) is 29.5. The second-order valence-electron chi connectivity index (χ2n) is 28.1. The van der Waals surface area contributed by atoms with Gasteiger partial charge in [0, 0.05) is 37.0 Å². The van der Waals surface area contributed by atoms with Crippen molar-refractivity contribution in [2.75, 3.05) is 32.8 Å². The monoisotopic (exact) mass is 1130 g/mol. The quantitative estimate of drug-likeness (QED) is 0.0386. The third-order valence-electron chi connectivity index (χ3n) is 19.4. The van der Waals surface area contributed by atoms with Crippen molar-refractivity contribution in [1.82, 2.24) is 15.5 Å². The number of carbonyl (C=O) groups is 2. The maximum absolute atomic E-state index is 13.5. The third kappa shape index (κ3) is 21.4. The van der Waals surface area contributed by atoms with Gasteiger partial charge >= 0.3 is 0 Å². The van der Waals surface area contributed by atoms with E-state index in [2.05, 4.69) is 121 Å². The first-order valence-corrected chi connectivity index (χ1v) is 33.3. The van der Waals surface area contributed by atoms with Crippen molar-refractivity contribution in [3.05, 3.63) is 44.9 Å². The molecule has 2 saturated heterocycles. The SMILES string of the molecule is CC1=C(OCC(=O)NCCCCC(NC(=S)COc2c(C)c(C)c3c(c2C)CCC(C)(CCCC(C)CCCC(C)CCCC(C)C)O3)C(=O)N2CC2)C(C)C2CCC(C)(CCCC(C)CCCC(C)CCCC(C)C)OC2=C1C. The van der Waals surface area contributed by atoms with Crippen LogP contribution in [-0.4, -0.2) is 71.8 Å². The Morgan fingerprint density at radius 2 is 1.15 bits per heavy atom. The minimum atomic E-state index is -0.436. The van der Waals surface area contributed by atoms with Gasteiger partial charge in [-0.05, 0) is 182 Å². The lowest BCUT2D eigenvalue weighted by molar-refractivity contribution is -0.128. The standard InChI is InChI=1S/C70H119N3O6S/c1-47(2)25-19-27-49(5)29-21-31-51(7)33-23-38-69(15)40-36-59-57(13)64(53(9)55(11)66(59)78-69)76-45-62(74)71-42-18-17-35-61(68(75)73-43-44-73)72-63(80)46-77-65-54(10)56(12)67-60(58(65)14)37-41-70(16,79-67)39-24-34-52(8)32-22-30-50(6)28-20-26-48(3)4/h47-52,57,59,61H,17-46H2,1-16H3,(H,71,74)(H,72,80). The van der Waals surface area contributed by atoms with Crippen molar-refractivity contribution in [2.45, 2.75) is 289 Å². The Kier molecular flexibility index (Phi) is 27.6. The molecule has 0 bridgehead atoms. The molecule has 10 heteroatoms. The van der Waals surface area contributed by atoms with Gasteiger partial charge in [-0.25, -0.2) is 0 Å². The van der Waals surface area contributed by atoms with E-state index in [1.165, 1.54) is 108 Å². The van der Waals surface area contributed by atoms with E-state index in [0.717, 1.165) is 151 Å². The highest BCUT2D eigenvalue weighted by Crippen LogP contribution is 2.49. The van der Waals surface area contributed by atoms with Crippen molar-refractivity contribution in [2.24, 2.45) is 47.3 Å². The molecule has 0 radical (unpaired) electrons. The number of amides is 2. The molecule has 80 heavy (non-hydrogen) atoms. The average Bonchev–Trinajstić information content (AvgIpc) is 4.25. The number of ether oxygens (including phenoxy) is 4. The van der Waals surface area contributed by atoms with Crippen LogP contribution in [0.2, 0.25) is 0 Å². The maximum atomic E-state index is 13.5. The molecule has 3 heterocycles. The van der Waals surface area contributed by atoms with Gasteiger partial charge in [-0.15, -0.1) is 0 Å². The van der Waals surface area contributed by atoms with Crippen molar-refractivity contribution in [1.29, 1.82) is 0 Å². The second kappa shape index (κ2) is 32.7. The Balaban J connectivity index is 1.01. The molecule has 2 N–H and O–H groups in total. The summed E-state index contributed by atoms with van der Waals surface area (Å²) in [5, 5.41) is 6.45. The lowest BCUT2D eigenvalue weighted by atomic mass is 9.73. The van der Waals surface area contributed by atoms with Crippen molar-refractivity contribution < 1.29 is 28.5 Å². The van der Waals surface area contributed by atoms with Crippen molar-refractivity contribution in [3.8, 4) is 11.5 Å². The largest absolute Gasteiger partial charge is 0.491 e. The lowest BCUT2D eigenvalue weighted by Gasteiger charge is -2.45. The molecule has 2 amide bonds. The zero-order chi connectivity index (χ0) is 58.7. The van der Waals surface area contributed by atoms with Gasteiger partial charge < -0.3 is 34.5 Å². The van der Waals surface area contributed by atoms with Gasteiger partial charge in [-0.3, -0.25) is 9.59 Å². The van der Waals surface area contributed by atoms with Crippen LogP contribution in [0.3, 0.4) is 0 Å². The number of allylic oxidation sites excluding steroid dienone is 4. The summed E-state index contributed by atoms with van der Waals surface area (Å²) >= 11 is 5.86. The van der Waals surface area contributed by atoms with Gasteiger partial charge in [-0.2, -0.15) is 0 Å². The smallest absolute Gasteiger partial charge is 0.257 e. The number of hydrogen-bond donors (Lipinski definition) is 2. The molecule has 0 spiro atoms. The normalized spacial score (nSPS) is 22.7. The fourth-order valence-corrected chi connectivity index (χ4v) is 13.6. The summed E-state index contributed by atoms with van der Waals surface area (Å²) in [7, 11) is 0. The predicted octanol–water partition coefficient (Wildman–Crippen LogP) is 17.8. The number of rotatable bonds is 37. The van der Waals surface area contributed by atoms with E-state index in [9.17, 15) is 9.59 Å². The van der Waals surface area contributed by atoms with Crippen LogP contribution in [0.4, 0.5) is 0 Å². The molecule has 456 valence electrons. The van der Waals surface area contributed by atoms with Crippen LogP contribution >= 0.6 is 12.2 Å². The molecule has 5 rings (SSSR count). The van der Waals surface area contributed by atoms with E-state index in [1.807, 2.05) is 4.90 Å². The molecule has 0 saturated carbocycles. The number of fused-ring (bicyclic) bond motifs is 2. The summed E-state index contributed by atoms with van der Waals surface area (Å²) < 4.78 is 26.8. The van der Waals surface area contributed by atoms with Gasteiger partial charge in [0.05, 0.1) is 0 Å². The van der Waals surface area contributed by atoms with Gasteiger partial charge in [-0.1, -0.05) is 164 Å². The molecule has 9 atom stereocenters.